The van der Waals surface area contributed by atoms with Gasteiger partial charge in [-0.1, -0.05) is 23.4 Å². The van der Waals surface area contributed by atoms with Crippen LogP contribution in [0.1, 0.15) is 12.8 Å². The number of hydrogen-bond donors (Lipinski definition) is 0. The molecule has 0 bridgehead atoms. The van der Waals surface area contributed by atoms with E-state index in [1.165, 1.54) is 0 Å². The van der Waals surface area contributed by atoms with Gasteiger partial charge in [-0.2, -0.15) is 4.98 Å². The first-order valence-corrected chi connectivity index (χ1v) is 4.79. The van der Waals surface area contributed by atoms with Crippen LogP contribution < -0.4 is 0 Å². The Balaban J connectivity index is 2.20. The summed E-state index contributed by atoms with van der Waals surface area (Å²) in [5.41, 5.74) is 0.594. The SMILES string of the molecule is C/C=C/C=C/c1nc(-c2cnccn2)no1. The molecule has 0 aromatic carbocycles. The second kappa shape index (κ2) is 4.97. The molecule has 2 aromatic heterocycles. The number of nitrogens with zero attached hydrogens (tertiary/aromatic N) is 4. The lowest BCUT2D eigenvalue weighted by molar-refractivity contribution is 0.411. The van der Waals surface area contributed by atoms with Crippen LogP contribution in [0.3, 0.4) is 0 Å². The summed E-state index contributed by atoms with van der Waals surface area (Å²) in [7, 11) is 0. The number of allylic oxidation sites excluding steroid dienone is 3. The van der Waals surface area contributed by atoms with Crippen molar-refractivity contribution in [1.82, 2.24) is 20.1 Å². The highest BCUT2D eigenvalue weighted by molar-refractivity contribution is 5.49. The van der Waals surface area contributed by atoms with E-state index in [0.29, 0.717) is 17.4 Å². The van der Waals surface area contributed by atoms with Crippen molar-refractivity contribution < 1.29 is 4.52 Å². The summed E-state index contributed by atoms with van der Waals surface area (Å²) >= 11 is 0. The van der Waals surface area contributed by atoms with Crippen LogP contribution in [0.15, 0.2) is 41.3 Å². The van der Waals surface area contributed by atoms with Gasteiger partial charge < -0.3 is 4.52 Å². The zero-order chi connectivity index (χ0) is 11.2. The number of rotatable bonds is 3. The Morgan fingerprint density at radius 2 is 2.19 bits per heavy atom. The molecule has 2 rings (SSSR count). The molecule has 0 aliphatic rings. The van der Waals surface area contributed by atoms with Gasteiger partial charge in [0.15, 0.2) is 0 Å². The van der Waals surface area contributed by atoms with Gasteiger partial charge in [-0.3, -0.25) is 4.98 Å². The lowest BCUT2D eigenvalue weighted by Gasteiger charge is -1.88. The Kier molecular flexibility index (Phi) is 3.18. The molecule has 0 N–H and O–H groups in total. The minimum Gasteiger partial charge on any atom is -0.334 e. The van der Waals surface area contributed by atoms with E-state index in [2.05, 4.69) is 20.1 Å². The zero-order valence-electron chi connectivity index (χ0n) is 8.74. The summed E-state index contributed by atoms with van der Waals surface area (Å²) in [6.45, 7) is 1.93. The van der Waals surface area contributed by atoms with Gasteiger partial charge in [0.05, 0.1) is 6.20 Å². The van der Waals surface area contributed by atoms with E-state index in [1.807, 2.05) is 25.2 Å². The number of hydrogen-bond acceptors (Lipinski definition) is 5. The monoisotopic (exact) mass is 214 g/mol. The molecule has 2 heterocycles. The quantitative estimate of drug-likeness (QED) is 0.732. The lowest BCUT2D eigenvalue weighted by Crippen LogP contribution is -1.85. The second-order valence-electron chi connectivity index (χ2n) is 2.93. The predicted octanol–water partition coefficient (Wildman–Crippen LogP) is 2.12. The fourth-order valence-electron chi connectivity index (χ4n) is 1.07. The van der Waals surface area contributed by atoms with Crippen molar-refractivity contribution >= 4 is 6.08 Å². The largest absolute Gasteiger partial charge is 0.334 e. The van der Waals surface area contributed by atoms with Crippen molar-refractivity contribution in [3.8, 4) is 11.5 Å². The van der Waals surface area contributed by atoms with Gasteiger partial charge in [0.1, 0.15) is 5.69 Å². The first kappa shape index (κ1) is 10.2. The minimum atomic E-state index is 0.438. The van der Waals surface area contributed by atoms with E-state index < -0.39 is 0 Å². The summed E-state index contributed by atoms with van der Waals surface area (Å²) in [6.07, 6.45) is 12.1. The molecule has 0 amide bonds. The average molecular weight is 214 g/mol. The van der Waals surface area contributed by atoms with Crippen molar-refractivity contribution in [2.24, 2.45) is 0 Å². The van der Waals surface area contributed by atoms with Gasteiger partial charge in [0.25, 0.3) is 5.89 Å². The molecule has 5 nitrogen and oxygen atoms in total. The van der Waals surface area contributed by atoms with E-state index in [9.17, 15) is 0 Å². The van der Waals surface area contributed by atoms with Crippen LogP contribution in [-0.4, -0.2) is 20.1 Å². The molecule has 0 saturated heterocycles. The third-order valence-corrected chi connectivity index (χ3v) is 1.78. The molecular weight excluding hydrogens is 204 g/mol. The fraction of sp³-hybridized carbons (Fsp3) is 0.0909. The molecule has 0 aliphatic carbocycles. The molecule has 0 unspecified atom stereocenters. The van der Waals surface area contributed by atoms with Gasteiger partial charge in [-0.25, -0.2) is 4.98 Å². The highest BCUT2D eigenvalue weighted by Crippen LogP contribution is 2.11. The normalized spacial score (nSPS) is 11.6. The lowest BCUT2D eigenvalue weighted by atomic mass is 10.4. The van der Waals surface area contributed by atoms with E-state index in [4.69, 9.17) is 4.52 Å². The van der Waals surface area contributed by atoms with Gasteiger partial charge in [-0.05, 0) is 6.92 Å². The molecule has 5 heteroatoms. The minimum absolute atomic E-state index is 0.438. The molecule has 0 spiro atoms. The smallest absolute Gasteiger partial charge is 0.250 e. The maximum atomic E-state index is 5.02. The summed E-state index contributed by atoms with van der Waals surface area (Å²) in [6, 6.07) is 0. The van der Waals surface area contributed by atoms with E-state index in [0.717, 1.165) is 0 Å². The van der Waals surface area contributed by atoms with Gasteiger partial charge >= 0.3 is 0 Å². The first-order valence-electron chi connectivity index (χ1n) is 4.79. The molecule has 0 atom stereocenters. The maximum Gasteiger partial charge on any atom is 0.250 e. The predicted molar refractivity (Wildman–Crippen MR) is 59.2 cm³/mol. The Labute approximate surface area is 92.6 Å². The molecule has 80 valence electrons. The van der Waals surface area contributed by atoms with Crippen LogP contribution in [0.4, 0.5) is 0 Å². The summed E-state index contributed by atoms with van der Waals surface area (Å²) in [4.78, 5) is 12.2. The Bertz CT molecular complexity index is 502. The maximum absolute atomic E-state index is 5.02. The van der Waals surface area contributed by atoms with Crippen LogP contribution in [0.5, 0.6) is 0 Å². The molecule has 0 fully saturated rings. The molecule has 2 aromatic rings. The highest BCUT2D eigenvalue weighted by Gasteiger charge is 2.06. The van der Waals surface area contributed by atoms with Crippen LogP contribution >= 0.6 is 0 Å². The van der Waals surface area contributed by atoms with Crippen LogP contribution in [0.2, 0.25) is 0 Å². The van der Waals surface area contributed by atoms with E-state index >= 15 is 0 Å². The zero-order valence-corrected chi connectivity index (χ0v) is 8.74. The molecule has 16 heavy (non-hydrogen) atoms. The Morgan fingerprint density at radius 3 is 2.94 bits per heavy atom. The van der Waals surface area contributed by atoms with Crippen molar-refractivity contribution in [2.75, 3.05) is 0 Å². The molecule has 0 radical (unpaired) electrons. The second-order valence-corrected chi connectivity index (χ2v) is 2.93. The third-order valence-electron chi connectivity index (χ3n) is 1.78. The van der Waals surface area contributed by atoms with Crippen molar-refractivity contribution in [2.45, 2.75) is 6.92 Å². The van der Waals surface area contributed by atoms with Crippen LogP contribution in [-0.2, 0) is 0 Å². The number of aromatic nitrogens is 4. The third kappa shape index (κ3) is 2.38. The van der Waals surface area contributed by atoms with Crippen LogP contribution in [0, 0.1) is 0 Å². The van der Waals surface area contributed by atoms with Crippen molar-refractivity contribution in [3.63, 3.8) is 0 Å². The molecular formula is C11H10N4O. The van der Waals surface area contributed by atoms with Crippen molar-refractivity contribution in [1.29, 1.82) is 0 Å². The standard InChI is InChI=1S/C11H10N4O/c1-2-3-4-5-10-14-11(15-16-10)9-8-12-6-7-13-9/h2-8H,1H3/b3-2+,5-4+. The van der Waals surface area contributed by atoms with Gasteiger partial charge in [-0.15, -0.1) is 0 Å². The van der Waals surface area contributed by atoms with Gasteiger partial charge in [0, 0.05) is 18.5 Å². The first-order chi connectivity index (χ1) is 7.90. The highest BCUT2D eigenvalue weighted by atomic mass is 16.5. The Morgan fingerprint density at radius 1 is 1.25 bits per heavy atom. The molecule has 0 saturated carbocycles. The summed E-state index contributed by atoms with van der Waals surface area (Å²) < 4.78 is 5.02. The van der Waals surface area contributed by atoms with E-state index in [-0.39, 0.29) is 0 Å². The van der Waals surface area contributed by atoms with Crippen LogP contribution in [0.25, 0.3) is 17.6 Å². The van der Waals surface area contributed by atoms with Gasteiger partial charge in [0.2, 0.25) is 5.82 Å². The fourth-order valence-corrected chi connectivity index (χ4v) is 1.07. The average Bonchev–Trinajstić information content (AvgIpc) is 2.79. The topological polar surface area (TPSA) is 64.7 Å². The summed E-state index contributed by atoms with van der Waals surface area (Å²) in [5, 5.41) is 3.80. The summed E-state index contributed by atoms with van der Waals surface area (Å²) in [5.74, 6) is 0.881. The molecule has 0 aliphatic heterocycles. The Hall–Kier alpha value is -2.30. The van der Waals surface area contributed by atoms with E-state index in [1.54, 1.807) is 24.7 Å². The van der Waals surface area contributed by atoms with Crippen molar-refractivity contribution in [3.05, 3.63) is 42.7 Å².